The predicted octanol–water partition coefficient (Wildman–Crippen LogP) is -0.296. The molecule has 2 heterocycles. The third kappa shape index (κ3) is 5.62. The van der Waals surface area contributed by atoms with Gasteiger partial charge in [-0.3, -0.25) is 24.3 Å². The van der Waals surface area contributed by atoms with E-state index in [1.165, 1.54) is 16.8 Å². The highest BCUT2D eigenvalue weighted by Gasteiger charge is 2.15. The normalized spacial score (nSPS) is 15.0. The van der Waals surface area contributed by atoms with E-state index in [1.54, 1.807) is 7.05 Å². The second kappa shape index (κ2) is 9.30. The number of nitrogens with one attached hydrogen (secondary N) is 2. The Morgan fingerprint density at radius 2 is 1.90 bits per heavy atom. The molecule has 1 saturated heterocycles. The maximum atomic E-state index is 12.3. The molecule has 29 heavy (non-hydrogen) atoms. The summed E-state index contributed by atoms with van der Waals surface area (Å²) in [6, 6.07) is 9.94. The van der Waals surface area contributed by atoms with Crippen LogP contribution in [0, 0.1) is 10.1 Å². The minimum atomic E-state index is -0.557. The van der Waals surface area contributed by atoms with Crippen LogP contribution in [0.2, 0.25) is 0 Å². The number of carbonyl (C=O) groups excluding carboxylic acids is 1. The standard InChI is InChI=1S/C19H23N5O5/c1-21(14-23-12-17(24(27)28)6-7-19(23)26)13-18(25)20-15-2-4-16(5-3-15)22-8-10-29-11-9-22/h2-7,12H,8-11,13-14H2,1H3,(H,20,25)/p+1. The molecule has 1 aromatic heterocycles. The molecule has 0 radical (unpaired) electrons. The molecule has 10 nitrogen and oxygen atoms in total. The molecule has 0 saturated carbocycles. The van der Waals surface area contributed by atoms with Gasteiger partial charge in [0.05, 0.1) is 31.4 Å². The first kappa shape index (κ1) is 20.5. The first-order valence-electron chi connectivity index (χ1n) is 9.31. The summed E-state index contributed by atoms with van der Waals surface area (Å²) in [5.41, 5.74) is 1.25. The van der Waals surface area contributed by atoms with E-state index in [4.69, 9.17) is 4.74 Å². The average molecular weight is 402 g/mol. The Hall–Kier alpha value is -3.24. The number of hydrogen-bond donors (Lipinski definition) is 2. The van der Waals surface area contributed by atoms with E-state index in [-0.39, 0.29) is 30.4 Å². The maximum absolute atomic E-state index is 12.3. The molecule has 1 amide bonds. The second-order valence-electron chi connectivity index (χ2n) is 6.94. The minimum absolute atomic E-state index is 0.111. The van der Waals surface area contributed by atoms with Crippen molar-refractivity contribution in [1.29, 1.82) is 0 Å². The smallest absolute Gasteiger partial charge is 0.285 e. The maximum Gasteiger partial charge on any atom is 0.285 e. The van der Waals surface area contributed by atoms with E-state index in [1.807, 2.05) is 24.3 Å². The van der Waals surface area contributed by atoms with Crippen LogP contribution in [-0.4, -0.2) is 55.3 Å². The number of amides is 1. The molecule has 1 aliphatic heterocycles. The number of pyridine rings is 1. The molecule has 1 unspecified atom stereocenters. The fourth-order valence-corrected chi connectivity index (χ4v) is 3.15. The number of quaternary nitrogens is 1. The zero-order valence-electron chi connectivity index (χ0n) is 16.2. The van der Waals surface area contributed by atoms with Crippen molar-refractivity contribution in [1.82, 2.24) is 4.57 Å². The molecular formula is C19H24N5O5+. The van der Waals surface area contributed by atoms with Crippen LogP contribution in [0.25, 0.3) is 0 Å². The number of anilines is 2. The largest absolute Gasteiger partial charge is 0.378 e. The van der Waals surface area contributed by atoms with Crippen molar-refractivity contribution in [2.24, 2.45) is 0 Å². The van der Waals surface area contributed by atoms with Crippen LogP contribution < -0.4 is 20.7 Å². The summed E-state index contributed by atoms with van der Waals surface area (Å²) in [4.78, 5) is 37.4. The number of rotatable bonds is 7. The lowest BCUT2D eigenvalue weighted by atomic mass is 10.2. The van der Waals surface area contributed by atoms with Gasteiger partial charge in [0.25, 0.3) is 17.2 Å². The quantitative estimate of drug-likeness (QED) is 0.486. The van der Waals surface area contributed by atoms with Gasteiger partial charge < -0.3 is 19.9 Å². The van der Waals surface area contributed by atoms with Crippen molar-refractivity contribution >= 4 is 23.0 Å². The number of ether oxygens (including phenoxy) is 1. The molecule has 2 N–H and O–H groups in total. The van der Waals surface area contributed by atoms with Crippen LogP contribution in [0.5, 0.6) is 0 Å². The van der Waals surface area contributed by atoms with Crippen LogP contribution in [0.1, 0.15) is 0 Å². The Morgan fingerprint density at radius 1 is 1.21 bits per heavy atom. The van der Waals surface area contributed by atoms with E-state index in [9.17, 15) is 19.7 Å². The predicted molar refractivity (Wildman–Crippen MR) is 107 cm³/mol. The fraction of sp³-hybridized carbons (Fsp3) is 0.368. The number of aromatic nitrogens is 1. The molecular weight excluding hydrogens is 378 g/mol. The lowest BCUT2D eigenvalue weighted by Crippen LogP contribution is -3.09. The van der Waals surface area contributed by atoms with E-state index in [2.05, 4.69) is 10.2 Å². The number of benzene rings is 1. The van der Waals surface area contributed by atoms with E-state index in [0.29, 0.717) is 18.9 Å². The van der Waals surface area contributed by atoms with Gasteiger partial charge in [0.1, 0.15) is 0 Å². The zero-order valence-corrected chi connectivity index (χ0v) is 16.2. The summed E-state index contributed by atoms with van der Waals surface area (Å²) in [6.45, 7) is 3.36. The van der Waals surface area contributed by atoms with Crippen molar-refractivity contribution < 1.29 is 19.4 Å². The van der Waals surface area contributed by atoms with Crippen LogP contribution in [0.3, 0.4) is 0 Å². The summed E-state index contributed by atoms with van der Waals surface area (Å²) in [5, 5.41) is 13.7. The van der Waals surface area contributed by atoms with Crippen LogP contribution in [0.15, 0.2) is 47.4 Å². The lowest BCUT2D eigenvalue weighted by molar-refractivity contribution is -0.895. The Balaban J connectivity index is 1.54. The first-order valence-corrected chi connectivity index (χ1v) is 9.31. The highest BCUT2D eigenvalue weighted by atomic mass is 16.6. The highest BCUT2D eigenvalue weighted by molar-refractivity contribution is 5.91. The minimum Gasteiger partial charge on any atom is -0.378 e. The number of carbonyl (C=O) groups is 1. The molecule has 1 atom stereocenters. The highest BCUT2D eigenvalue weighted by Crippen LogP contribution is 2.18. The zero-order chi connectivity index (χ0) is 20.8. The monoisotopic (exact) mass is 402 g/mol. The summed E-state index contributed by atoms with van der Waals surface area (Å²) in [6.07, 6.45) is 1.19. The van der Waals surface area contributed by atoms with Gasteiger partial charge in [-0.05, 0) is 24.3 Å². The Morgan fingerprint density at radius 3 is 2.55 bits per heavy atom. The molecule has 0 bridgehead atoms. The number of nitrogens with zero attached hydrogens (tertiary/aromatic N) is 3. The molecule has 1 fully saturated rings. The van der Waals surface area contributed by atoms with Crippen molar-refractivity contribution in [3.8, 4) is 0 Å². The molecule has 3 rings (SSSR count). The van der Waals surface area contributed by atoms with Crippen LogP contribution >= 0.6 is 0 Å². The molecule has 1 aromatic carbocycles. The summed E-state index contributed by atoms with van der Waals surface area (Å²) in [5.74, 6) is -0.208. The second-order valence-corrected chi connectivity index (χ2v) is 6.94. The average Bonchev–Trinajstić information content (AvgIpc) is 2.70. The Bertz CT molecular complexity index is 921. The Kier molecular flexibility index (Phi) is 6.57. The first-order chi connectivity index (χ1) is 13.9. The van der Waals surface area contributed by atoms with Crippen molar-refractivity contribution in [2.45, 2.75) is 6.67 Å². The molecule has 2 aromatic rings. The van der Waals surface area contributed by atoms with Crippen LogP contribution in [-0.2, 0) is 16.2 Å². The van der Waals surface area contributed by atoms with Gasteiger partial charge in [0.2, 0.25) is 0 Å². The van der Waals surface area contributed by atoms with Gasteiger partial charge in [-0.2, -0.15) is 0 Å². The third-order valence-corrected chi connectivity index (χ3v) is 4.61. The van der Waals surface area contributed by atoms with Gasteiger partial charge in [0.15, 0.2) is 13.2 Å². The molecule has 0 spiro atoms. The fourth-order valence-electron chi connectivity index (χ4n) is 3.15. The van der Waals surface area contributed by atoms with Crippen molar-refractivity contribution in [3.05, 3.63) is 63.1 Å². The van der Waals surface area contributed by atoms with E-state index in [0.717, 1.165) is 29.7 Å². The summed E-state index contributed by atoms with van der Waals surface area (Å²) < 4.78 is 6.58. The number of nitro groups is 1. The molecule has 0 aliphatic carbocycles. The Labute approximate surface area is 167 Å². The summed E-state index contributed by atoms with van der Waals surface area (Å²) >= 11 is 0. The summed E-state index contributed by atoms with van der Waals surface area (Å²) in [7, 11) is 1.74. The molecule has 1 aliphatic rings. The van der Waals surface area contributed by atoms with Gasteiger partial charge in [-0.25, -0.2) is 0 Å². The van der Waals surface area contributed by atoms with Gasteiger partial charge in [0, 0.05) is 36.6 Å². The van der Waals surface area contributed by atoms with Gasteiger partial charge in [-0.15, -0.1) is 0 Å². The van der Waals surface area contributed by atoms with E-state index < -0.39 is 4.92 Å². The van der Waals surface area contributed by atoms with Gasteiger partial charge in [-0.1, -0.05) is 0 Å². The van der Waals surface area contributed by atoms with E-state index >= 15 is 0 Å². The third-order valence-electron chi connectivity index (χ3n) is 4.61. The van der Waals surface area contributed by atoms with Crippen LogP contribution in [0.4, 0.5) is 17.1 Å². The van der Waals surface area contributed by atoms with Gasteiger partial charge >= 0.3 is 0 Å². The number of hydrogen-bond acceptors (Lipinski definition) is 6. The number of likely N-dealkylation sites (N-methyl/N-ethyl adjacent to an activating group) is 1. The topological polar surface area (TPSA) is 111 Å². The lowest BCUT2D eigenvalue weighted by Gasteiger charge is -2.28. The molecule has 10 heteroatoms. The molecule has 154 valence electrons. The number of morpholine rings is 1. The van der Waals surface area contributed by atoms with Crippen molar-refractivity contribution in [3.63, 3.8) is 0 Å². The van der Waals surface area contributed by atoms with Crippen molar-refractivity contribution in [2.75, 3.05) is 50.1 Å². The SMILES string of the molecule is C[NH+](CC(=O)Nc1ccc(N2CCOCC2)cc1)Cn1cc([N+](=O)[O-])ccc1=O.